The molecule has 25 atom stereocenters. The molecule has 37 nitrogen and oxygen atoms in total. The minimum absolute atomic E-state index is 0.864. The molecule has 21 N–H and O–H groups in total. The van der Waals surface area contributed by atoms with Gasteiger partial charge in [0.25, 0.3) is 5.79 Å². The van der Waals surface area contributed by atoms with Crippen molar-refractivity contribution in [3.8, 4) is 0 Å². The maximum absolute atomic E-state index is 13.5. The number of aliphatic hydroxyl groups excluding tert-OH is 15. The Labute approximate surface area is 447 Å². The number of carbonyl (C=O) groups is 5. The lowest BCUT2D eigenvalue weighted by atomic mass is 9.88. The highest BCUT2D eigenvalue weighted by Gasteiger charge is 2.61. The molecule has 0 bridgehead atoms. The van der Waals surface area contributed by atoms with E-state index in [4.69, 9.17) is 42.4 Å². The fourth-order valence-electron chi connectivity index (χ4n) is 8.98. The van der Waals surface area contributed by atoms with E-state index in [0.717, 1.165) is 20.8 Å². The molecule has 4 heterocycles. The summed E-state index contributed by atoms with van der Waals surface area (Å²) in [5.74, 6) is -9.67. The van der Waals surface area contributed by atoms with Crippen molar-refractivity contribution in [3.05, 3.63) is 0 Å². The summed E-state index contributed by atoms with van der Waals surface area (Å²) in [5, 5.41) is 182. The van der Waals surface area contributed by atoms with Crippen LogP contribution in [0.25, 0.3) is 0 Å². The maximum Gasteiger partial charge on any atom is 0.397 e. The second kappa shape index (κ2) is 29.5. The van der Waals surface area contributed by atoms with Gasteiger partial charge in [0, 0.05) is 27.2 Å². The van der Waals surface area contributed by atoms with Crippen molar-refractivity contribution in [1.82, 2.24) is 21.3 Å². The summed E-state index contributed by atoms with van der Waals surface area (Å²) in [6.07, 6.45) is -45.6. The van der Waals surface area contributed by atoms with E-state index in [1.54, 1.807) is 0 Å². The number of hydrogen-bond acceptors (Lipinski definition) is 31. The summed E-state index contributed by atoms with van der Waals surface area (Å²) < 4.78 is 81.9. The lowest BCUT2D eigenvalue weighted by molar-refractivity contribution is -0.393. The molecule has 38 heteroatoms. The van der Waals surface area contributed by atoms with Crippen LogP contribution < -0.4 is 21.3 Å². The first-order valence-corrected chi connectivity index (χ1v) is 25.3. The summed E-state index contributed by atoms with van der Waals surface area (Å²) in [6.45, 7) is -5.62. The van der Waals surface area contributed by atoms with Gasteiger partial charge in [-0.15, -0.1) is 0 Å². The van der Waals surface area contributed by atoms with Crippen LogP contribution in [0.15, 0.2) is 0 Å². The van der Waals surface area contributed by atoms with Crippen molar-refractivity contribution in [3.63, 3.8) is 0 Å². The predicted octanol–water partition coefficient (Wildman–Crippen LogP) is -13.7. The number of carboxylic acid groups (broad SMARTS) is 1. The summed E-state index contributed by atoms with van der Waals surface area (Å²) in [7, 11) is -5.17. The molecule has 0 unspecified atom stereocenters. The lowest BCUT2D eigenvalue weighted by Crippen LogP contribution is -2.72. The molecule has 0 spiro atoms. The average Bonchev–Trinajstić information content (AvgIpc) is 3.48. The maximum atomic E-state index is 13.5. The standard InChI is InChI=1S/C41H70N4O33S/c1-12(51)42-15(5-46)33(27(59)18(56)10-70-37-24(43-13(2)52)30(62)29(61)21(74-37)11-71-79(67,68)69)75-39-32(64)36(34(20(8-49)73-39)76-38-25(44-14(3)53)31(63)28(60)19(7-48)72-38)78-41(40(65)66)4-16(54)23(45-22(57)9-50)35(77-41)26(58)17(55)6-47/h15-21,23-39,46-50,54-56,58-64H,4-11H2,1-3H3,(H,42,51)(H,43,52)(H,44,53)(H,45,57)(H,65,66)(H,67,68,69)/t15-,16-,17+,18+,19+,20+,21+,23+,24+,25+,26+,27-,28-,29+,30+,31+,32+,33+,34-,35+,36+,37+,38-,39-,41-/m0/s1. The SMILES string of the molecule is CC(=O)N[C@H]1[C@H](O[C@@H]2[C@H](O[C@]3(C(=O)O)C[C@H](O)[C@@H](NC(=O)CO)[C@H]([C@H](O)[C@H](O)CO)O3)[C@@H](O)[C@H](O[C@@H]([C@@H](O)[C@H](O)CO[C@@H]3O[C@H](COS(=O)(=O)O)[C@@H](O)[C@H](O)[C@H]3NC(C)=O)[C@H](CO)NC(C)=O)O[C@@H]2CO)O[C@H](CO)[C@H](O)[C@@H]1O. The van der Waals surface area contributed by atoms with Crippen molar-refractivity contribution in [1.29, 1.82) is 0 Å². The van der Waals surface area contributed by atoms with Gasteiger partial charge in [-0.25, -0.2) is 8.98 Å². The Morgan fingerprint density at radius 3 is 1.73 bits per heavy atom. The molecule has 4 saturated heterocycles. The number of nitrogens with one attached hydrogen (secondary N) is 4. The van der Waals surface area contributed by atoms with Crippen molar-refractivity contribution >= 4 is 40.0 Å². The molecule has 0 saturated carbocycles. The fraction of sp³-hybridized carbons (Fsp3) is 0.878. The fourth-order valence-corrected chi connectivity index (χ4v) is 9.29. The summed E-state index contributed by atoms with van der Waals surface area (Å²) in [5.41, 5.74) is 0. The second-order valence-corrected chi connectivity index (χ2v) is 19.8. The second-order valence-electron chi connectivity index (χ2n) is 18.7. The van der Waals surface area contributed by atoms with Crippen molar-refractivity contribution < 1.29 is 161 Å². The Kier molecular flexibility index (Phi) is 25.3. The van der Waals surface area contributed by atoms with Crippen molar-refractivity contribution in [2.75, 3.05) is 46.2 Å². The zero-order valence-electron chi connectivity index (χ0n) is 42.1. The van der Waals surface area contributed by atoms with Gasteiger partial charge in [-0.2, -0.15) is 8.42 Å². The molecule has 4 fully saturated rings. The third-order valence-corrected chi connectivity index (χ3v) is 13.3. The van der Waals surface area contributed by atoms with Crippen LogP contribution in [0.3, 0.4) is 0 Å². The van der Waals surface area contributed by atoms with Crippen LogP contribution in [0.5, 0.6) is 0 Å². The molecule has 458 valence electrons. The van der Waals surface area contributed by atoms with Gasteiger partial charge in [0.1, 0.15) is 116 Å². The highest BCUT2D eigenvalue weighted by Crippen LogP contribution is 2.40. The molecule has 4 rings (SSSR count). The zero-order valence-corrected chi connectivity index (χ0v) is 42.9. The van der Waals surface area contributed by atoms with Crippen LogP contribution in [0.2, 0.25) is 0 Å². The van der Waals surface area contributed by atoms with E-state index in [0.29, 0.717) is 0 Å². The van der Waals surface area contributed by atoms with Crippen LogP contribution in [-0.4, -0.2) is 323 Å². The monoisotopic (exact) mass is 1180 g/mol. The number of rotatable bonds is 27. The van der Waals surface area contributed by atoms with E-state index >= 15 is 0 Å². The van der Waals surface area contributed by atoms with Crippen molar-refractivity contribution in [2.45, 2.75) is 180 Å². The first-order chi connectivity index (χ1) is 36.9. The van der Waals surface area contributed by atoms with Crippen molar-refractivity contribution in [2.24, 2.45) is 0 Å². The van der Waals surface area contributed by atoms with E-state index in [2.05, 4.69) is 25.5 Å². The normalized spacial score (nSPS) is 37.6. The van der Waals surface area contributed by atoms with Crippen LogP contribution >= 0.6 is 0 Å². The average molecular weight is 1180 g/mol. The van der Waals surface area contributed by atoms with E-state index in [9.17, 15) is 114 Å². The number of amides is 4. The third-order valence-electron chi connectivity index (χ3n) is 12.8. The third kappa shape index (κ3) is 17.2. The number of aliphatic carboxylic acids is 1. The first kappa shape index (κ1) is 67.8. The summed E-state index contributed by atoms with van der Waals surface area (Å²) in [4.78, 5) is 62.7. The predicted molar refractivity (Wildman–Crippen MR) is 244 cm³/mol. The van der Waals surface area contributed by atoms with Crippen LogP contribution in [-0.2, 0) is 76.4 Å². The van der Waals surface area contributed by atoms with Gasteiger partial charge in [0.2, 0.25) is 23.6 Å². The topological polar surface area (TPSA) is 595 Å². The lowest BCUT2D eigenvalue weighted by Gasteiger charge is -2.52. The smallest absolute Gasteiger partial charge is 0.397 e. The molecule has 0 aromatic heterocycles. The highest BCUT2D eigenvalue weighted by atomic mass is 32.3. The zero-order chi connectivity index (χ0) is 59.6. The Morgan fingerprint density at radius 1 is 0.671 bits per heavy atom. The van der Waals surface area contributed by atoms with E-state index in [1.807, 2.05) is 0 Å². The van der Waals surface area contributed by atoms with Crippen LogP contribution in [0.1, 0.15) is 27.2 Å². The van der Waals surface area contributed by atoms with Gasteiger partial charge in [-0.3, -0.25) is 23.7 Å². The molecule has 4 amide bonds. The summed E-state index contributed by atoms with van der Waals surface area (Å²) >= 11 is 0. The number of carbonyl (C=O) groups excluding carboxylic acids is 4. The molecule has 0 aromatic rings. The van der Waals surface area contributed by atoms with Crippen LogP contribution in [0.4, 0.5) is 0 Å². The Morgan fingerprint density at radius 2 is 1.23 bits per heavy atom. The number of aliphatic hydroxyl groups is 15. The van der Waals surface area contributed by atoms with E-state index in [-0.39, 0.29) is 0 Å². The van der Waals surface area contributed by atoms with E-state index < -0.39 is 245 Å². The van der Waals surface area contributed by atoms with Gasteiger partial charge in [0.05, 0.1) is 57.8 Å². The minimum Gasteiger partial charge on any atom is -0.477 e. The molecule has 0 aliphatic carbocycles. The Hall–Kier alpha value is -3.70. The van der Waals surface area contributed by atoms with E-state index in [1.165, 1.54) is 0 Å². The largest absolute Gasteiger partial charge is 0.477 e. The quantitative estimate of drug-likeness (QED) is 0.0340. The number of carboxylic acids is 1. The molecule has 79 heavy (non-hydrogen) atoms. The van der Waals surface area contributed by atoms with Gasteiger partial charge in [0.15, 0.2) is 18.9 Å². The summed E-state index contributed by atoms with van der Waals surface area (Å²) in [6, 6.07) is -7.38. The Balaban J connectivity index is 1.83. The minimum atomic E-state index is -5.17. The number of ether oxygens (including phenoxy) is 8. The van der Waals surface area contributed by atoms with Gasteiger partial charge in [-0.1, -0.05) is 0 Å². The molecule has 0 radical (unpaired) electrons. The highest BCUT2D eigenvalue weighted by molar-refractivity contribution is 7.80. The van der Waals surface area contributed by atoms with Crippen LogP contribution in [0, 0.1) is 0 Å². The molecule has 4 aliphatic rings. The Bertz CT molecular complexity index is 2120. The van der Waals surface area contributed by atoms with Gasteiger partial charge >= 0.3 is 16.4 Å². The molecule has 4 aliphatic heterocycles. The molecule has 0 aromatic carbocycles. The van der Waals surface area contributed by atoms with Gasteiger partial charge in [-0.05, 0) is 0 Å². The molecular formula is C41H70N4O33S. The molecular weight excluding hydrogens is 1110 g/mol. The first-order valence-electron chi connectivity index (χ1n) is 23.9. The van der Waals surface area contributed by atoms with Gasteiger partial charge < -0.3 is 141 Å². The number of hydrogen-bond donors (Lipinski definition) is 21.